The first-order valence-corrected chi connectivity index (χ1v) is 7.53. The van der Waals surface area contributed by atoms with Gasteiger partial charge in [0.2, 0.25) is 0 Å². The molecule has 0 bridgehead atoms. The van der Waals surface area contributed by atoms with Crippen LogP contribution in [0.25, 0.3) is 0 Å². The molecule has 1 saturated carbocycles. The van der Waals surface area contributed by atoms with Crippen LogP contribution >= 0.6 is 11.6 Å². The van der Waals surface area contributed by atoms with Crippen LogP contribution in [-0.2, 0) is 0 Å². The molecule has 2 heteroatoms. The third-order valence-corrected chi connectivity index (χ3v) is 4.42. The molecule has 1 fully saturated rings. The van der Waals surface area contributed by atoms with E-state index in [4.69, 9.17) is 11.6 Å². The highest BCUT2D eigenvalue weighted by atomic mass is 35.5. The minimum Gasteiger partial charge on any atom is -0.396 e. The van der Waals surface area contributed by atoms with E-state index in [1.54, 1.807) is 0 Å². The van der Waals surface area contributed by atoms with Gasteiger partial charge in [0.05, 0.1) is 0 Å². The van der Waals surface area contributed by atoms with E-state index in [1.807, 2.05) is 18.2 Å². The fourth-order valence-electron chi connectivity index (χ4n) is 3.04. The van der Waals surface area contributed by atoms with Crippen LogP contribution in [0.4, 0.5) is 0 Å². The zero-order chi connectivity index (χ0) is 12.8. The summed E-state index contributed by atoms with van der Waals surface area (Å²) >= 11 is 6.01. The number of aliphatic hydroxyl groups excluding tert-OH is 1. The molecule has 0 saturated heterocycles. The molecule has 1 aliphatic carbocycles. The molecule has 1 aromatic rings. The van der Waals surface area contributed by atoms with Crippen LogP contribution in [0.5, 0.6) is 0 Å². The molecule has 1 atom stereocenters. The molecular formula is C16H23ClO. The van der Waals surface area contributed by atoms with Crippen molar-refractivity contribution in [1.29, 1.82) is 0 Å². The number of halogens is 1. The van der Waals surface area contributed by atoms with Crippen molar-refractivity contribution in [1.82, 2.24) is 0 Å². The molecule has 0 aromatic heterocycles. The third-order valence-electron chi connectivity index (χ3n) is 4.19. The van der Waals surface area contributed by atoms with Gasteiger partial charge in [-0.3, -0.25) is 0 Å². The number of hydrogen-bond acceptors (Lipinski definition) is 1. The van der Waals surface area contributed by atoms with Crippen molar-refractivity contribution < 1.29 is 5.11 Å². The Morgan fingerprint density at radius 3 is 2.67 bits per heavy atom. The van der Waals surface area contributed by atoms with Gasteiger partial charge < -0.3 is 5.11 Å². The summed E-state index contributed by atoms with van der Waals surface area (Å²) in [6, 6.07) is 7.93. The second-order valence-corrected chi connectivity index (χ2v) is 5.95. The first kappa shape index (κ1) is 13.9. The zero-order valence-corrected chi connectivity index (χ0v) is 11.7. The van der Waals surface area contributed by atoms with Gasteiger partial charge in [0, 0.05) is 17.5 Å². The van der Waals surface area contributed by atoms with Crippen LogP contribution in [0.1, 0.15) is 56.4 Å². The number of hydrogen-bond donors (Lipinski definition) is 1. The zero-order valence-electron chi connectivity index (χ0n) is 10.9. The monoisotopic (exact) mass is 266 g/mol. The van der Waals surface area contributed by atoms with Crippen LogP contribution in [0.15, 0.2) is 24.3 Å². The van der Waals surface area contributed by atoms with Crippen molar-refractivity contribution in [3.8, 4) is 0 Å². The topological polar surface area (TPSA) is 20.2 Å². The molecule has 0 heterocycles. The molecule has 100 valence electrons. The lowest BCUT2D eigenvalue weighted by Crippen LogP contribution is -2.10. The van der Waals surface area contributed by atoms with Gasteiger partial charge in [-0.1, -0.05) is 55.8 Å². The Kier molecular flexibility index (Phi) is 5.52. The summed E-state index contributed by atoms with van der Waals surface area (Å²) in [5.74, 6) is 1.14. The van der Waals surface area contributed by atoms with E-state index in [9.17, 15) is 5.11 Å². The Morgan fingerprint density at radius 1 is 1.22 bits per heavy atom. The van der Waals surface area contributed by atoms with Crippen molar-refractivity contribution >= 4 is 11.6 Å². The standard InChI is InChI=1S/C16H23ClO/c17-16-8-4-7-14(11-16)15(12-18)10-9-13-5-2-1-3-6-13/h4,7-8,11,13,15,18H,1-3,5-6,9-10,12H2. The van der Waals surface area contributed by atoms with E-state index in [0.717, 1.165) is 17.4 Å². The highest BCUT2D eigenvalue weighted by molar-refractivity contribution is 6.30. The summed E-state index contributed by atoms with van der Waals surface area (Å²) in [7, 11) is 0. The maximum absolute atomic E-state index is 9.56. The molecule has 0 radical (unpaired) electrons. The van der Waals surface area contributed by atoms with Gasteiger partial charge in [0.1, 0.15) is 0 Å². The van der Waals surface area contributed by atoms with Crippen LogP contribution in [0.3, 0.4) is 0 Å². The minimum atomic E-state index is 0.229. The maximum atomic E-state index is 9.56. The number of aliphatic hydroxyl groups is 1. The summed E-state index contributed by atoms with van der Waals surface area (Å²) in [4.78, 5) is 0. The lowest BCUT2D eigenvalue weighted by atomic mass is 9.83. The first-order chi connectivity index (χ1) is 8.79. The van der Waals surface area contributed by atoms with E-state index in [2.05, 4.69) is 6.07 Å². The maximum Gasteiger partial charge on any atom is 0.0499 e. The van der Waals surface area contributed by atoms with Crippen molar-refractivity contribution in [2.45, 2.75) is 50.9 Å². The molecular weight excluding hydrogens is 244 g/mol. The van der Waals surface area contributed by atoms with Crippen LogP contribution in [0, 0.1) is 5.92 Å². The minimum absolute atomic E-state index is 0.229. The van der Waals surface area contributed by atoms with Gasteiger partial charge in [0.25, 0.3) is 0 Å². The van der Waals surface area contributed by atoms with Crippen LogP contribution < -0.4 is 0 Å². The molecule has 1 N–H and O–H groups in total. The second kappa shape index (κ2) is 7.16. The summed E-state index contributed by atoms with van der Waals surface area (Å²) in [6.07, 6.45) is 9.30. The average Bonchev–Trinajstić information content (AvgIpc) is 2.41. The van der Waals surface area contributed by atoms with Crippen LogP contribution in [-0.4, -0.2) is 11.7 Å². The van der Waals surface area contributed by atoms with Crippen molar-refractivity contribution in [2.24, 2.45) is 5.92 Å². The molecule has 1 aromatic carbocycles. The van der Waals surface area contributed by atoms with Gasteiger partial charge >= 0.3 is 0 Å². The predicted octanol–water partition coefficient (Wildman–Crippen LogP) is 4.78. The van der Waals surface area contributed by atoms with Gasteiger partial charge in [-0.25, -0.2) is 0 Å². The Labute approximate surface area is 115 Å². The van der Waals surface area contributed by atoms with Crippen LogP contribution in [0.2, 0.25) is 5.02 Å². The highest BCUT2D eigenvalue weighted by Gasteiger charge is 2.17. The van der Waals surface area contributed by atoms with Crippen molar-refractivity contribution in [3.05, 3.63) is 34.9 Å². The fourth-order valence-corrected chi connectivity index (χ4v) is 3.24. The summed E-state index contributed by atoms with van der Waals surface area (Å²) in [6.45, 7) is 0.229. The third kappa shape index (κ3) is 4.00. The van der Waals surface area contributed by atoms with Gasteiger partial charge in [-0.15, -0.1) is 0 Å². The Bertz CT molecular complexity index is 358. The fraction of sp³-hybridized carbons (Fsp3) is 0.625. The molecule has 1 nitrogen and oxygen atoms in total. The number of rotatable bonds is 5. The first-order valence-electron chi connectivity index (χ1n) is 7.16. The van der Waals surface area contributed by atoms with Crippen molar-refractivity contribution in [3.63, 3.8) is 0 Å². The summed E-state index contributed by atoms with van der Waals surface area (Å²) in [5, 5.41) is 10.3. The predicted molar refractivity (Wildman–Crippen MR) is 77.1 cm³/mol. The van der Waals surface area contributed by atoms with Gasteiger partial charge in [0.15, 0.2) is 0 Å². The summed E-state index contributed by atoms with van der Waals surface area (Å²) in [5.41, 5.74) is 1.18. The molecule has 0 amide bonds. The molecule has 1 unspecified atom stereocenters. The Hall–Kier alpha value is -0.530. The highest BCUT2D eigenvalue weighted by Crippen LogP contribution is 2.31. The quantitative estimate of drug-likeness (QED) is 0.813. The molecule has 0 aliphatic heterocycles. The van der Waals surface area contributed by atoms with Crippen molar-refractivity contribution in [2.75, 3.05) is 6.61 Å². The summed E-state index contributed by atoms with van der Waals surface area (Å²) < 4.78 is 0. The largest absolute Gasteiger partial charge is 0.396 e. The van der Waals surface area contributed by atoms with Gasteiger partial charge in [-0.05, 0) is 36.5 Å². The Balaban J connectivity index is 1.88. The van der Waals surface area contributed by atoms with Gasteiger partial charge in [-0.2, -0.15) is 0 Å². The van der Waals surface area contributed by atoms with E-state index < -0.39 is 0 Å². The molecule has 0 spiro atoms. The lowest BCUT2D eigenvalue weighted by Gasteiger charge is -2.23. The average molecular weight is 267 g/mol. The lowest BCUT2D eigenvalue weighted by molar-refractivity contribution is 0.242. The molecule has 18 heavy (non-hydrogen) atoms. The Morgan fingerprint density at radius 2 is 2.00 bits per heavy atom. The van der Waals surface area contributed by atoms with E-state index in [1.165, 1.54) is 44.1 Å². The molecule has 1 aliphatic rings. The number of benzene rings is 1. The second-order valence-electron chi connectivity index (χ2n) is 5.52. The molecule has 2 rings (SSSR count). The van der Waals surface area contributed by atoms with E-state index >= 15 is 0 Å². The normalized spacial score (nSPS) is 18.8. The van der Waals surface area contributed by atoms with E-state index in [-0.39, 0.29) is 12.5 Å². The van der Waals surface area contributed by atoms with E-state index in [0.29, 0.717) is 0 Å². The smallest absolute Gasteiger partial charge is 0.0499 e. The SMILES string of the molecule is OCC(CCC1CCCCC1)c1cccc(Cl)c1.